The minimum absolute atomic E-state index is 0.0802. The van der Waals surface area contributed by atoms with E-state index >= 15 is 0 Å². The Labute approximate surface area is 101 Å². The van der Waals surface area contributed by atoms with Crippen LogP contribution in [0, 0.1) is 0 Å². The van der Waals surface area contributed by atoms with Crippen molar-refractivity contribution >= 4 is 27.8 Å². The molecule has 4 nitrogen and oxygen atoms in total. The van der Waals surface area contributed by atoms with Crippen molar-refractivity contribution in [2.24, 2.45) is 0 Å². The molecule has 0 aromatic heterocycles. The van der Waals surface area contributed by atoms with Gasteiger partial charge in [0.2, 0.25) is 0 Å². The highest BCUT2D eigenvalue weighted by molar-refractivity contribution is 9.10. The number of carbonyl (C=O) groups is 2. The highest BCUT2D eigenvalue weighted by Gasteiger charge is 2.46. The summed E-state index contributed by atoms with van der Waals surface area (Å²) >= 11 is 3.31. The van der Waals surface area contributed by atoms with E-state index in [0.717, 1.165) is 10.0 Å². The molecule has 2 N–H and O–H groups in total. The molecule has 2 rings (SSSR count). The Bertz CT molecular complexity index is 433. The zero-order valence-electron chi connectivity index (χ0n) is 8.37. The number of amides is 1. The van der Waals surface area contributed by atoms with E-state index < -0.39 is 11.6 Å². The van der Waals surface area contributed by atoms with Gasteiger partial charge in [0.1, 0.15) is 5.78 Å². The first-order chi connectivity index (χ1) is 7.52. The molecular formula is C11H10BrNO3. The van der Waals surface area contributed by atoms with Crippen molar-refractivity contribution in [3.63, 3.8) is 0 Å². The highest BCUT2D eigenvalue weighted by Crippen LogP contribution is 2.39. The van der Waals surface area contributed by atoms with E-state index in [1.807, 2.05) is 24.3 Å². The average Bonchev–Trinajstić information content (AvgIpc) is 2.15. The molecule has 5 heteroatoms. The molecule has 1 aliphatic carbocycles. The molecule has 0 spiro atoms. The molecule has 1 saturated carbocycles. The number of ketones is 1. The molecule has 1 aliphatic rings. The molecule has 1 amide bonds. The Kier molecular flexibility index (Phi) is 2.71. The standard InChI is InChI=1S/C11H10BrNO3/c12-8-3-1-7(2-4-8)11(13-10(15)16)5-9(14)6-11/h1-4,13H,5-6H2,(H,15,16). The molecule has 0 unspecified atom stereocenters. The van der Waals surface area contributed by atoms with Crippen LogP contribution in [0.25, 0.3) is 0 Å². The summed E-state index contributed by atoms with van der Waals surface area (Å²) in [7, 11) is 0. The lowest BCUT2D eigenvalue weighted by Gasteiger charge is -2.40. The maximum Gasteiger partial charge on any atom is 0.405 e. The smallest absolute Gasteiger partial charge is 0.405 e. The average molecular weight is 284 g/mol. The SMILES string of the molecule is O=C1CC(NC(=O)O)(c2ccc(Br)cc2)C1. The van der Waals surface area contributed by atoms with Gasteiger partial charge in [-0.15, -0.1) is 0 Å². The van der Waals surface area contributed by atoms with Gasteiger partial charge in [-0.05, 0) is 17.7 Å². The van der Waals surface area contributed by atoms with Crippen molar-refractivity contribution in [1.29, 1.82) is 0 Å². The Morgan fingerprint density at radius 3 is 2.31 bits per heavy atom. The minimum atomic E-state index is -1.10. The van der Waals surface area contributed by atoms with Crippen LogP contribution < -0.4 is 5.32 Å². The van der Waals surface area contributed by atoms with Crippen LogP contribution in [0.2, 0.25) is 0 Å². The summed E-state index contributed by atoms with van der Waals surface area (Å²) in [6, 6.07) is 7.33. The second-order valence-corrected chi connectivity index (χ2v) is 4.83. The summed E-state index contributed by atoms with van der Waals surface area (Å²) < 4.78 is 0.923. The number of carboxylic acid groups (broad SMARTS) is 1. The Morgan fingerprint density at radius 2 is 1.88 bits per heavy atom. The highest BCUT2D eigenvalue weighted by atomic mass is 79.9. The van der Waals surface area contributed by atoms with E-state index in [0.29, 0.717) is 0 Å². The Balaban J connectivity index is 2.29. The number of hydrogen-bond acceptors (Lipinski definition) is 2. The third-order valence-electron chi connectivity index (χ3n) is 2.74. The molecule has 1 aromatic carbocycles. The Morgan fingerprint density at radius 1 is 1.31 bits per heavy atom. The van der Waals surface area contributed by atoms with Gasteiger partial charge in [-0.1, -0.05) is 28.1 Å². The van der Waals surface area contributed by atoms with Crippen molar-refractivity contribution in [2.45, 2.75) is 18.4 Å². The number of rotatable bonds is 2. The minimum Gasteiger partial charge on any atom is -0.465 e. The van der Waals surface area contributed by atoms with Crippen LogP contribution >= 0.6 is 15.9 Å². The van der Waals surface area contributed by atoms with Crippen molar-refractivity contribution in [3.8, 4) is 0 Å². The van der Waals surface area contributed by atoms with Crippen LogP contribution in [-0.2, 0) is 10.3 Å². The van der Waals surface area contributed by atoms with Gasteiger partial charge in [0.15, 0.2) is 0 Å². The van der Waals surface area contributed by atoms with E-state index in [1.54, 1.807) is 0 Å². The van der Waals surface area contributed by atoms with Crippen LogP contribution in [0.4, 0.5) is 4.79 Å². The molecule has 0 aliphatic heterocycles. The number of benzene rings is 1. The normalized spacial score (nSPS) is 17.7. The van der Waals surface area contributed by atoms with Gasteiger partial charge < -0.3 is 10.4 Å². The van der Waals surface area contributed by atoms with E-state index in [1.165, 1.54) is 0 Å². The molecule has 84 valence electrons. The first-order valence-electron chi connectivity index (χ1n) is 4.81. The van der Waals surface area contributed by atoms with Crippen molar-refractivity contribution < 1.29 is 14.7 Å². The van der Waals surface area contributed by atoms with Crippen LogP contribution in [0.5, 0.6) is 0 Å². The van der Waals surface area contributed by atoms with Crippen molar-refractivity contribution in [2.75, 3.05) is 0 Å². The monoisotopic (exact) mass is 283 g/mol. The van der Waals surface area contributed by atoms with Crippen LogP contribution in [0.1, 0.15) is 18.4 Å². The second-order valence-electron chi connectivity index (χ2n) is 3.91. The molecule has 16 heavy (non-hydrogen) atoms. The number of hydrogen-bond donors (Lipinski definition) is 2. The first-order valence-corrected chi connectivity index (χ1v) is 5.60. The summed E-state index contributed by atoms with van der Waals surface area (Å²) in [4.78, 5) is 21.8. The third kappa shape index (κ3) is 1.95. The summed E-state index contributed by atoms with van der Waals surface area (Å²) in [5.41, 5.74) is 0.113. The van der Waals surface area contributed by atoms with Crippen LogP contribution in [-0.4, -0.2) is 17.0 Å². The maximum atomic E-state index is 11.1. The first kappa shape index (κ1) is 11.1. The maximum absolute atomic E-state index is 11.1. The fourth-order valence-corrected chi connectivity index (χ4v) is 2.22. The molecule has 1 fully saturated rings. The van der Waals surface area contributed by atoms with Gasteiger partial charge in [-0.2, -0.15) is 0 Å². The van der Waals surface area contributed by atoms with E-state index in [-0.39, 0.29) is 18.6 Å². The fourth-order valence-electron chi connectivity index (χ4n) is 1.96. The quantitative estimate of drug-likeness (QED) is 0.875. The molecule has 0 heterocycles. The number of carbonyl (C=O) groups excluding carboxylic acids is 1. The summed E-state index contributed by atoms with van der Waals surface area (Å²) in [6.07, 6.45) is -0.627. The number of Topliss-reactive ketones (excluding diaryl/α,β-unsaturated/α-hetero) is 1. The summed E-state index contributed by atoms with van der Waals surface area (Å²) in [6.45, 7) is 0. The lowest BCUT2D eigenvalue weighted by Crippen LogP contribution is -2.54. The largest absolute Gasteiger partial charge is 0.465 e. The van der Waals surface area contributed by atoms with E-state index in [2.05, 4.69) is 21.2 Å². The van der Waals surface area contributed by atoms with Gasteiger partial charge in [-0.25, -0.2) is 4.79 Å². The van der Waals surface area contributed by atoms with E-state index in [4.69, 9.17) is 5.11 Å². The lowest BCUT2D eigenvalue weighted by atomic mass is 9.71. The van der Waals surface area contributed by atoms with Gasteiger partial charge in [-0.3, -0.25) is 4.79 Å². The second kappa shape index (κ2) is 3.90. The predicted octanol–water partition coefficient (Wildman–Crippen LogP) is 2.27. The fraction of sp³-hybridized carbons (Fsp3) is 0.273. The van der Waals surface area contributed by atoms with Gasteiger partial charge >= 0.3 is 6.09 Å². The summed E-state index contributed by atoms with van der Waals surface area (Å²) in [5, 5.41) is 11.2. The van der Waals surface area contributed by atoms with E-state index in [9.17, 15) is 9.59 Å². The molecule has 0 bridgehead atoms. The predicted molar refractivity (Wildman–Crippen MR) is 61.2 cm³/mol. The zero-order chi connectivity index (χ0) is 11.8. The van der Waals surface area contributed by atoms with Crippen LogP contribution in [0.15, 0.2) is 28.7 Å². The van der Waals surface area contributed by atoms with Gasteiger partial charge in [0.25, 0.3) is 0 Å². The molecule has 0 saturated heterocycles. The third-order valence-corrected chi connectivity index (χ3v) is 3.27. The van der Waals surface area contributed by atoms with Crippen molar-refractivity contribution in [1.82, 2.24) is 5.32 Å². The summed E-state index contributed by atoms with van der Waals surface area (Å²) in [5.74, 6) is 0.0802. The topological polar surface area (TPSA) is 66.4 Å². The molecular weight excluding hydrogens is 274 g/mol. The number of halogens is 1. The van der Waals surface area contributed by atoms with Crippen LogP contribution in [0.3, 0.4) is 0 Å². The van der Waals surface area contributed by atoms with Gasteiger partial charge in [0, 0.05) is 17.3 Å². The number of nitrogens with one attached hydrogen (secondary N) is 1. The van der Waals surface area contributed by atoms with Crippen molar-refractivity contribution in [3.05, 3.63) is 34.3 Å². The molecule has 1 aromatic rings. The molecule has 0 radical (unpaired) electrons. The lowest BCUT2D eigenvalue weighted by molar-refractivity contribution is -0.129. The van der Waals surface area contributed by atoms with Gasteiger partial charge in [0.05, 0.1) is 5.54 Å². The zero-order valence-corrected chi connectivity index (χ0v) is 9.95. The Hall–Kier alpha value is -1.36. The molecule has 0 atom stereocenters.